The van der Waals surface area contributed by atoms with Crippen molar-refractivity contribution in [2.75, 3.05) is 6.54 Å². The molecule has 0 spiro atoms. The van der Waals surface area contributed by atoms with Gasteiger partial charge < -0.3 is 9.73 Å². The van der Waals surface area contributed by atoms with E-state index in [4.69, 9.17) is 4.42 Å². The molecule has 1 aromatic heterocycles. The van der Waals surface area contributed by atoms with E-state index in [0.717, 1.165) is 36.6 Å². The van der Waals surface area contributed by atoms with Crippen LogP contribution in [0.15, 0.2) is 10.5 Å². The van der Waals surface area contributed by atoms with Crippen LogP contribution in [0.2, 0.25) is 0 Å². The van der Waals surface area contributed by atoms with Gasteiger partial charge in [0.15, 0.2) is 0 Å². The Morgan fingerprint density at radius 3 is 2.52 bits per heavy atom. The Morgan fingerprint density at radius 2 is 2.00 bits per heavy atom. The van der Waals surface area contributed by atoms with Crippen LogP contribution in [-0.4, -0.2) is 23.0 Å². The van der Waals surface area contributed by atoms with Crippen molar-refractivity contribution in [2.24, 2.45) is 5.92 Å². The van der Waals surface area contributed by atoms with Gasteiger partial charge in [-0.05, 0) is 52.5 Å². The summed E-state index contributed by atoms with van der Waals surface area (Å²) in [7, 11) is 0. The summed E-state index contributed by atoms with van der Waals surface area (Å²) in [6, 6.07) is 3.04. The normalized spacial score (nSPS) is 16.2. The largest absolute Gasteiger partial charge is 0.465 e. The third kappa shape index (κ3) is 5.48. The van der Waals surface area contributed by atoms with Gasteiger partial charge in [0, 0.05) is 30.2 Å². The minimum Gasteiger partial charge on any atom is -0.465 e. The SMILES string of the molecule is Cc1oc(CNC(C)(C)C)cc1CN(CC(C)C)C1CC1. The molecule has 0 unspecified atom stereocenters. The summed E-state index contributed by atoms with van der Waals surface area (Å²) in [6.07, 6.45) is 2.73. The average molecular weight is 292 g/mol. The monoisotopic (exact) mass is 292 g/mol. The molecule has 1 heterocycles. The first-order valence-corrected chi connectivity index (χ1v) is 8.32. The Balaban J connectivity index is 1.97. The van der Waals surface area contributed by atoms with Gasteiger partial charge in [0.25, 0.3) is 0 Å². The van der Waals surface area contributed by atoms with E-state index in [-0.39, 0.29) is 5.54 Å². The van der Waals surface area contributed by atoms with Crippen LogP contribution >= 0.6 is 0 Å². The van der Waals surface area contributed by atoms with Crippen LogP contribution < -0.4 is 5.32 Å². The lowest BCUT2D eigenvalue weighted by Gasteiger charge is -2.23. The molecule has 0 aromatic carbocycles. The molecular formula is C18H32N2O. The molecule has 1 fully saturated rings. The average Bonchev–Trinajstić information content (AvgIpc) is 3.11. The van der Waals surface area contributed by atoms with Crippen molar-refractivity contribution >= 4 is 0 Å². The zero-order valence-corrected chi connectivity index (χ0v) is 14.6. The third-order valence-electron chi connectivity index (χ3n) is 3.90. The highest BCUT2D eigenvalue weighted by Crippen LogP contribution is 2.30. The van der Waals surface area contributed by atoms with Crippen LogP contribution in [0, 0.1) is 12.8 Å². The highest BCUT2D eigenvalue weighted by atomic mass is 16.3. The van der Waals surface area contributed by atoms with Gasteiger partial charge in [-0.2, -0.15) is 0 Å². The maximum Gasteiger partial charge on any atom is 0.118 e. The van der Waals surface area contributed by atoms with Gasteiger partial charge in [0.05, 0.1) is 6.54 Å². The maximum atomic E-state index is 5.93. The molecule has 120 valence electrons. The Morgan fingerprint density at radius 1 is 1.33 bits per heavy atom. The van der Waals surface area contributed by atoms with Gasteiger partial charge in [-0.15, -0.1) is 0 Å². The highest BCUT2D eigenvalue weighted by molar-refractivity contribution is 5.21. The van der Waals surface area contributed by atoms with E-state index in [9.17, 15) is 0 Å². The number of furan rings is 1. The molecule has 3 nitrogen and oxygen atoms in total. The van der Waals surface area contributed by atoms with Crippen molar-refractivity contribution in [2.45, 2.75) is 79.1 Å². The summed E-state index contributed by atoms with van der Waals surface area (Å²) >= 11 is 0. The number of hydrogen-bond donors (Lipinski definition) is 1. The second-order valence-electron chi connectivity index (χ2n) is 7.95. The predicted octanol–water partition coefficient (Wildman–Crippen LogP) is 4.10. The molecule has 0 amide bonds. The third-order valence-corrected chi connectivity index (χ3v) is 3.90. The van der Waals surface area contributed by atoms with Crippen LogP contribution in [0.25, 0.3) is 0 Å². The van der Waals surface area contributed by atoms with Crippen LogP contribution in [0.4, 0.5) is 0 Å². The molecule has 2 rings (SSSR count). The number of rotatable bonds is 7. The van der Waals surface area contributed by atoms with Crippen molar-refractivity contribution in [1.29, 1.82) is 0 Å². The maximum absolute atomic E-state index is 5.93. The van der Waals surface area contributed by atoms with E-state index in [1.165, 1.54) is 24.9 Å². The molecule has 3 heteroatoms. The summed E-state index contributed by atoms with van der Waals surface area (Å²) in [5.41, 5.74) is 1.48. The number of aryl methyl sites for hydroxylation is 1. The standard InChI is InChI=1S/C18H32N2O/c1-13(2)11-20(16-7-8-16)12-15-9-17(21-14(15)3)10-19-18(4,5)6/h9,13,16,19H,7-8,10-12H2,1-6H3. The van der Waals surface area contributed by atoms with Gasteiger partial charge in [0.1, 0.15) is 11.5 Å². The number of nitrogens with one attached hydrogen (secondary N) is 1. The smallest absolute Gasteiger partial charge is 0.118 e. The zero-order valence-electron chi connectivity index (χ0n) is 14.6. The lowest BCUT2D eigenvalue weighted by atomic mass is 10.1. The first kappa shape index (κ1) is 16.6. The lowest BCUT2D eigenvalue weighted by Crippen LogP contribution is -2.34. The van der Waals surface area contributed by atoms with Gasteiger partial charge in [-0.1, -0.05) is 13.8 Å². The van der Waals surface area contributed by atoms with Crippen molar-refractivity contribution in [3.8, 4) is 0 Å². The number of nitrogens with zero attached hydrogens (tertiary/aromatic N) is 1. The molecule has 1 aliphatic carbocycles. The molecule has 21 heavy (non-hydrogen) atoms. The molecular weight excluding hydrogens is 260 g/mol. The van der Waals surface area contributed by atoms with Crippen molar-refractivity contribution in [3.63, 3.8) is 0 Å². The topological polar surface area (TPSA) is 28.4 Å². The fourth-order valence-corrected chi connectivity index (χ4v) is 2.65. The predicted molar refractivity (Wildman–Crippen MR) is 88.3 cm³/mol. The van der Waals surface area contributed by atoms with Crippen LogP contribution in [0.5, 0.6) is 0 Å². The Hall–Kier alpha value is -0.800. The quantitative estimate of drug-likeness (QED) is 0.820. The Bertz CT molecular complexity index is 452. The molecule has 1 aliphatic rings. The van der Waals surface area contributed by atoms with Gasteiger partial charge in [0.2, 0.25) is 0 Å². The second kappa shape index (κ2) is 6.53. The molecule has 1 aromatic rings. The fourth-order valence-electron chi connectivity index (χ4n) is 2.65. The van der Waals surface area contributed by atoms with Gasteiger partial charge >= 0.3 is 0 Å². The number of hydrogen-bond acceptors (Lipinski definition) is 3. The minimum atomic E-state index is 0.124. The van der Waals surface area contributed by atoms with E-state index >= 15 is 0 Å². The van der Waals surface area contributed by atoms with Crippen molar-refractivity contribution in [1.82, 2.24) is 10.2 Å². The summed E-state index contributed by atoms with van der Waals surface area (Å²) in [6.45, 7) is 16.3. The Labute approximate surface area is 130 Å². The summed E-state index contributed by atoms with van der Waals surface area (Å²) in [4.78, 5) is 2.63. The van der Waals surface area contributed by atoms with E-state index in [1.54, 1.807) is 0 Å². The van der Waals surface area contributed by atoms with E-state index < -0.39 is 0 Å². The molecule has 0 atom stereocenters. The Kier molecular flexibility index (Phi) is 5.15. The van der Waals surface area contributed by atoms with E-state index in [2.05, 4.69) is 57.8 Å². The minimum absolute atomic E-state index is 0.124. The highest BCUT2D eigenvalue weighted by Gasteiger charge is 2.30. The summed E-state index contributed by atoms with van der Waals surface area (Å²) in [5, 5.41) is 3.49. The van der Waals surface area contributed by atoms with Gasteiger partial charge in [-0.3, -0.25) is 4.90 Å². The van der Waals surface area contributed by atoms with Gasteiger partial charge in [-0.25, -0.2) is 0 Å². The summed E-state index contributed by atoms with van der Waals surface area (Å²) in [5.74, 6) is 2.85. The molecule has 0 aliphatic heterocycles. The molecule has 0 radical (unpaired) electrons. The van der Waals surface area contributed by atoms with E-state index in [0.29, 0.717) is 0 Å². The fraction of sp³-hybridized carbons (Fsp3) is 0.778. The van der Waals surface area contributed by atoms with Crippen molar-refractivity contribution < 1.29 is 4.42 Å². The molecule has 0 bridgehead atoms. The summed E-state index contributed by atoms with van der Waals surface area (Å²) < 4.78 is 5.93. The van der Waals surface area contributed by atoms with Crippen LogP contribution in [0.1, 0.15) is 64.5 Å². The molecule has 1 N–H and O–H groups in total. The first-order valence-electron chi connectivity index (χ1n) is 8.32. The van der Waals surface area contributed by atoms with Crippen LogP contribution in [-0.2, 0) is 13.1 Å². The second-order valence-corrected chi connectivity index (χ2v) is 7.95. The molecule has 1 saturated carbocycles. The zero-order chi connectivity index (χ0) is 15.6. The van der Waals surface area contributed by atoms with Crippen LogP contribution in [0.3, 0.4) is 0 Å². The molecule has 0 saturated heterocycles. The van der Waals surface area contributed by atoms with E-state index in [1.807, 2.05) is 0 Å². The lowest BCUT2D eigenvalue weighted by molar-refractivity contribution is 0.225. The first-order chi connectivity index (χ1) is 9.74. The van der Waals surface area contributed by atoms with Crippen molar-refractivity contribution in [3.05, 3.63) is 23.2 Å².